The van der Waals surface area contributed by atoms with E-state index in [0.717, 1.165) is 5.69 Å². The van der Waals surface area contributed by atoms with E-state index in [1.807, 2.05) is 37.3 Å². The van der Waals surface area contributed by atoms with E-state index in [-0.39, 0.29) is 11.7 Å². The molecule has 174 valence electrons. The van der Waals surface area contributed by atoms with Crippen LogP contribution in [0.4, 0.5) is 5.69 Å². The van der Waals surface area contributed by atoms with E-state index in [0.29, 0.717) is 41.1 Å². The van der Waals surface area contributed by atoms with Crippen molar-refractivity contribution in [3.63, 3.8) is 0 Å². The molecule has 1 aliphatic rings. The zero-order chi connectivity index (χ0) is 23.8. The molecule has 8 nitrogen and oxygen atoms in total. The number of carbonyl (C=O) groups is 2. The first-order valence-corrected chi connectivity index (χ1v) is 11.3. The van der Waals surface area contributed by atoms with Gasteiger partial charge in [0.1, 0.15) is 0 Å². The van der Waals surface area contributed by atoms with Crippen LogP contribution in [0.5, 0.6) is 11.5 Å². The molecule has 1 amide bonds. The number of carboxylic acids is 1. The van der Waals surface area contributed by atoms with Crippen molar-refractivity contribution >= 4 is 40.6 Å². The largest absolute Gasteiger partial charge is 0.493 e. The number of hydrogen-bond donors (Lipinski definition) is 1. The van der Waals surface area contributed by atoms with Gasteiger partial charge in [-0.3, -0.25) is 9.69 Å². The average molecular weight is 471 g/mol. The first-order valence-electron chi connectivity index (χ1n) is 10.4. The van der Waals surface area contributed by atoms with Crippen molar-refractivity contribution in [1.29, 1.82) is 0 Å². The Labute approximate surface area is 196 Å². The number of aliphatic carboxylic acids is 1. The minimum Gasteiger partial charge on any atom is -0.493 e. The summed E-state index contributed by atoms with van der Waals surface area (Å²) in [7, 11) is 1.47. The van der Waals surface area contributed by atoms with Gasteiger partial charge in [-0.05, 0) is 49.9 Å². The van der Waals surface area contributed by atoms with Gasteiger partial charge in [-0.2, -0.15) is 0 Å². The average Bonchev–Trinajstić information content (AvgIpc) is 3.09. The molecule has 0 unspecified atom stereocenters. The van der Waals surface area contributed by atoms with Crippen molar-refractivity contribution in [2.45, 2.75) is 20.0 Å². The number of aliphatic imine (C=N–C) groups is 1. The van der Waals surface area contributed by atoms with E-state index in [1.165, 1.54) is 25.8 Å². The first-order chi connectivity index (χ1) is 15.9. The van der Waals surface area contributed by atoms with E-state index in [4.69, 9.17) is 14.2 Å². The highest BCUT2D eigenvalue weighted by atomic mass is 32.2. The maximum Gasteiger partial charge on any atom is 0.344 e. The fraction of sp³-hybridized carbons (Fsp3) is 0.292. The number of methoxy groups -OCH3 is 1. The zero-order valence-corrected chi connectivity index (χ0v) is 19.5. The van der Waals surface area contributed by atoms with Crippen LogP contribution >= 0.6 is 11.8 Å². The van der Waals surface area contributed by atoms with Crippen LogP contribution < -0.4 is 9.47 Å². The highest BCUT2D eigenvalue weighted by Gasteiger charge is 2.33. The van der Waals surface area contributed by atoms with Gasteiger partial charge < -0.3 is 19.3 Å². The Morgan fingerprint density at radius 2 is 1.97 bits per heavy atom. The highest BCUT2D eigenvalue weighted by Crippen LogP contribution is 2.38. The van der Waals surface area contributed by atoms with Crippen LogP contribution in [-0.2, 0) is 14.3 Å². The van der Waals surface area contributed by atoms with Crippen molar-refractivity contribution in [1.82, 2.24) is 4.90 Å². The normalized spacial score (nSPS) is 16.9. The molecule has 1 N–H and O–H groups in total. The molecular formula is C24H26N2O6S. The Morgan fingerprint density at radius 3 is 2.64 bits per heavy atom. The summed E-state index contributed by atoms with van der Waals surface area (Å²) in [6.45, 7) is 4.62. The molecule has 1 atom stereocenters. The molecule has 1 heterocycles. The topological polar surface area (TPSA) is 97.7 Å². The molecule has 0 saturated carbocycles. The van der Waals surface area contributed by atoms with Gasteiger partial charge in [-0.25, -0.2) is 9.79 Å². The maximum atomic E-state index is 13.2. The predicted octanol–water partition coefficient (Wildman–Crippen LogP) is 4.19. The van der Waals surface area contributed by atoms with Crippen molar-refractivity contribution in [3.8, 4) is 11.5 Å². The van der Waals surface area contributed by atoms with Crippen LogP contribution in [-0.4, -0.2) is 60.0 Å². The Morgan fingerprint density at radius 1 is 1.21 bits per heavy atom. The van der Waals surface area contributed by atoms with Gasteiger partial charge in [0.2, 0.25) is 0 Å². The number of benzene rings is 2. The lowest BCUT2D eigenvalue weighted by molar-refractivity contribution is -0.144. The molecule has 1 saturated heterocycles. The number of amidine groups is 1. The lowest BCUT2D eigenvalue weighted by atomic mass is 10.1. The number of nitrogens with zero attached hydrogens (tertiary/aromatic N) is 2. The number of para-hydroxylation sites is 2. The molecule has 0 aliphatic carbocycles. The number of rotatable bonds is 10. The summed E-state index contributed by atoms with van der Waals surface area (Å²) in [5.41, 5.74) is 1.26. The van der Waals surface area contributed by atoms with Crippen LogP contribution in [0.1, 0.15) is 19.4 Å². The lowest BCUT2D eigenvalue weighted by Gasteiger charge is -2.16. The maximum absolute atomic E-state index is 13.2. The lowest BCUT2D eigenvalue weighted by Crippen LogP contribution is -2.32. The second kappa shape index (κ2) is 11.5. The summed E-state index contributed by atoms with van der Waals surface area (Å²) in [4.78, 5) is 31.2. The first kappa shape index (κ1) is 24.3. The van der Waals surface area contributed by atoms with Gasteiger partial charge in [-0.1, -0.05) is 30.3 Å². The van der Waals surface area contributed by atoms with Crippen LogP contribution in [0.3, 0.4) is 0 Å². The number of ether oxygens (including phenoxy) is 3. The molecule has 33 heavy (non-hydrogen) atoms. The van der Waals surface area contributed by atoms with Crippen molar-refractivity contribution in [3.05, 3.63) is 59.0 Å². The minimum absolute atomic E-state index is 0.213. The Bertz CT molecular complexity index is 1050. The van der Waals surface area contributed by atoms with Gasteiger partial charge >= 0.3 is 5.97 Å². The Balaban J connectivity index is 1.98. The number of hydrogen-bond acceptors (Lipinski definition) is 7. The van der Waals surface area contributed by atoms with Crippen molar-refractivity contribution < 1.29 is 28.9 Å². The molecule has 0 spiro atoms. The third kappa shape index (κ3) is 6.15. The molecular weight excluding hydrogens is 444 g/mol. The third-order valence-electron chi connectivity index (χ3n) is 4.69. The summed E-state index contributed by atoms with van der Waals surface area (Å²) in [5, 5.41) is 9.81. The molecule has 2 aromatic rings. The fourth-order valence-electron chi connectivity index (χ4n) is 3.00. The zero-order valence-electron chi connectivity index (χ0n) is 18.7. The van der Waals surface area contributed by atoms with Gasteiger partial charge in [-0.15, -0.1) is 0 Å². The number of carboxylic acid groups (broad SMARTS) is 1. The molecule has 0 radical (unpaired) electrons. The van der Waals surface area contributed by atoms with E-state index in [2.05, 4.69) is 4.99 Å². The molecule has 3 rings (SSSR count). The van der Waals surface area contributed by atoms with Gasteiger partial charge in [0, 0.05) is 12.2 Å². The molecule has 0 bridgehead atoms. The smallest absolute Gasteiger partial charge is 0.344 e. The van der Waals surface area contributed by atoms with E-state index >= 15 is 0 Å². The number of thioether (sulfide) groups is 1. The standard InChI is InChI=1S/C24H26N2O6S/c1-4-31-14-13-26-22(27)20(33-24(26)25-18-10-6-5-7-11-18)15-17-9-8-12-19(30-3)21(17)32-16(2)23(28)29/h5-12,15-16H,4,13-14H2,1-3H3,(H,28,29)/b20-15-,25-24?/t16-/m0/s1. The highest BCUT2D eigenvalue weighted by molar-refractivity contribution is 8.18. The fourth-order valence-corrected chi connectivity index (χ4v) is 4.02. The van der Waals surface area contributed by atoms with Crippen molar-refractivity contribution in [2.24, 2.45) is 4.99 Å². The number of carbonyl (C=O) groups excluding carboxylic acids is 1. The van der Waals surface area contributed by atoms with Crippen LogP contribution in [0.15, 0.2) is 58.4 Å². The van der Waals surface area contributed by atoms with Gasteiger partial charge in [0.25, 0.3) is 5.91 Å². The predicted molar refractivity (Wildman–Crippen MR) is 128 cm³/mol. The summed E-state index contributed by atoms with van der Waals surface area (Å²) < 4.78 is 16.4. The van der Waals surface area contributed by atoms with Gasteiger partial charge in [0.15, 0.2) is 22.8 Å². The quantitative estimate of drug-likeness (QED) is 0.411. The molecule has 2 aromatic carbocycles. The van der Waals surface area contributed by atoms with Gasteiger partial charge in [0.05, 0.1) is 30.9 Å². The van der Waals surface area contributed by atoms with E-state index in [1.54, 1.807) is 29.2 Å². The second-order valence-electron chi connectivity index (χ2n) is 6.97. The molecule has 0 aromatic heterocycles. The minimum atomic E-state index is -1.11. The molecule has 1 aliphatic heterocycles. The Kier molecular flexibility index (Phi) is 8.51. The van der Waals surface area contributed by atoms with Crippen LogP contribution in [0.2, 0.25) is 0 Å². The van der Waals surface area contributed by atoms with Crippen LogP contribution in [0.25, 0.3) is 6.08 Å². The van der Waals surface area contributed by atoms with Crippen molar-refractivity contribution in [2.75, 3.05) is 26.9 Å². The van der Waals surface area contributed by atoms with E-state index < -0.39 is 12.1 Å². The van der Waals surface area contributed by atoms with E-state index in [9.17, 15) is 14.7 Å². The SMILES string of the molecule is CCOCCN1C(=O)/C(=C/c2cccc(OC)c2O[C@@H](C)C(=O)O)SC1=Nc1ccccc1. The van der Waals surface area contributed by atoms with Crippen LogP contribution in [0, 0.1) is 0 Å². The summed E-state index contributed by atoms with van der Waals surface area (Å²) in [6.07, 6.45) is 0.573. The second-order valence-corrected chi connectivity index (χ2v) is 7.98. The molecule has 9 heteroatoms. The number of amides is 1. The summed E-state index contributed by atoms with van der Waals surface area (Å²) in [6, 6.07) is 14.5. The Hall–Kier alpha value is -3.30. The summed E-state index contributed by atoms with van der Waals surface area (Å²) in [5.74, 6) is -0.691. The monoisotopic (exact) mass is 470 g/mol. The molecule has 1 fully saturated rings. The summed E-state index contributed by atoms with van der Waals surface area (Å²) >= 11 is 1.24. The third-order valence-corrected chi connectivity index (χ3v) is 5.70.